The molecular weight excluding hydrogens is 628 g/mol. The van der Waals surface area contributed by atoms with Gasteiger partial charge in [0.1, 0.15) is 17.3 Å². The molecule has 13 heteroatoms. The lowest BCUT2D eigenvalue weighted by atomic mass is 10.0. The molecule has 5 aromatic rings. The van der Waals surface area contributed by atoms with Crippen LogP contribution >= 0.6 is 23.1 Å². The van der Waals surface area contributed by atoms with Crippen molar-refractivity contribution in [1.29, 1.82) is 0 Å². The lowest BCUT2D eigenvalue weighted by molar-refractivity contribution is -0.130. The number of rotatable bonds is 11. The summed E-state index contributed by atoms with van der Waals surface area (Å²) in [5.41, 5.74) is 2.75. The molecule has 1 aliphatic heterocycles. The van der Waals surface area contributed by atoms with Gasteiger partial charge in [0.25, 0.3) is 11.8 Å². The minimum atomic E-state index is -0.362. The summed E-state index contributed by atoms with van der Waals surface area (Å²) < 4.78 is 26.1. The SMILES string of the molecule is COc1cc(OC)cc(C(=O)NCc2nnc(SCC(=O)N3N=C(c4cccs4)CC3c3ccc(F)cc3)n2-c2ccccc2)c1. The van der Waals surface area contributed by atoms with E-state index in [0.29, 0.717) is 34.5 Å². The van der Waals surface area contributed by atoms with Gasteiger partial charge in [0.05, 0.1) is 43.1 Å². The number of hydrogen-bond acceptors (Lipinski definition) is 9. The summed E-state index contributed by atoms with van der Waals surface area (Å²) >= 11 is 2.78. The number of hydrazone groups is 1. The highest BCUT2D eigenvalue weighted by Gasteiger charge is 2.33. The van der Waals surface area contributed by atoms with Gasteiger partial charge < -0.3 is 14.8 Å². The van der Waals surface area contributed by atoms with Gasteiger partial charge in [0, 0.05) is 23.7 Å². The average molecular weight is 657 g/mol. The van der Waals surface area contributed by atoms with Crippen molar-refractivity contribution < 1.29 is 23.5 Å². The molecule has 6 rings (SSSR count). The Morgan fingerprint density at radius 2 is 1.72 bits per heavy atom. The zero-order chi connectivity index (χ0) is 32.0. The van der Waals surface area contributed by atoms with E-state index in [1.54, 1.807) is 41.7 Å². The molecule has 3 heterocycles. The third-order valence-corrected chi connectivity index (χ3v) is 9.12. The van der Waals surface area contributed by atoms with Gasteiger partial charge in [0.2, 0.25) is 0 Å². The Balaban J connectivity index is 1.22. The van der Waals surface area contributed by atoms with Crippen LogP contribution in [0.5, 0.6) is 11.5 Å². The van der Waals surface area contributed by atoms with Crippen LogP contribution in [0.25, 0.3) is 5.69 Å². The van der Waals surface area contributed by atoms with Crippen LogP contribution in [-0.4, -0.2) is 57.3 Å². The van der Waals surface area contributed by atoms with Crippen molar-refractivity contribution in [2.75, 3.05) is 20.0 Å². The Bertz CT molecular complexity index is 1840. The standard InChI is InChI=1S/C33H29FN6O4S2/c1-43-25-15-22(16-26(17-25)44-2)32(42)35-19-30-36-37-33(39(30)24-7-4-3-5-8-24)46-20-31(41)40-28(21-10-12-23(34)13-11-21)18-27(38-40)29-9-6-14-45-29/h3-17,28H,18-20H2,1-2H3,(H,35,42). The van der Waals surface area contributed by atoms with Crippen molar-refractivity contribution in [2.24, 2.45) is 5.10 Å². The van der Waals surface area contributed by atoms with Crippen molar-refractivity contribution in [1.82, 2.24) is 25.1 Å². The predicted octanol–water partition coefficient (Wildman–Crippen LogP) is 5.89. The molecular formula is C33H29FN6O4S2. The Kier molecular flexibility index (Phi) is 9.41. The summed E-state index contributed by atoms with van der Waals surface area (Å²) in [5.74, 6) is 0.580. The molecule has 0 bridgehead atoms. The molecule has 0 saturated carbocycles. The van der Waals surface area contributed by atoms with E-state index in [1.807, 2.05) is 52.4 Å². The summed E-state index contributed by atoms with van der Waals surface area (Å²) in [7, 11) is 3.04. The first-order valence-corrected chi connectivity index (χ1v) is 16.1. The zero-order valence-corrected chi connectivity index (χ0v) is 26.6. The Morgan fingerprint density at radius 3 is 2.39 bits per heavy atom. The molecule has 0 saturated heterocycles. The second-order valence-electron chi connectivity index (χ2n) is 10.2. The topological polar surface area (TPSA) is 111 Å². The van der Waals surface area contributed by atoms with Gasteiger partial charge in [-0.3, -0.25) is 14.2 Å². The minimum Gasteiger partial charge on any atom is -0.497 e. The van der Waals surface area contributed by atoms with Gasteiger partial charge >= 0.3 is 0 Å². The molecule has 234 valence electrons. The fraction of sp³-hybridized carbons (Fsp3) is 0.182. The molecule has 10 nitrogen and oxygen atoms in total. The fourth-order valence-corrected chi connectivity index (χ4v) is 6.56. The van der Waals surface area contributed by atoms with Crippen LogP contribution < -0.4 is 14.8 Å². The maximum Gasteiger partial charge on any atom is 0.253 e. The number of hydrogen-bond donors (Lipinski definition) is 1. The van der Waals surface area contributed by atoms with Crippen molar-refractivity contribution in [3.63, 3.8) is 0 Å². The number of nitrogens with one attached hydrogen (secondary N) is 1. The highest BCUT2D eigenvalue weighted by atomic mass is 32.2. The quantitative estimate of drug-likeness (QED) is 0.177. The highest BCUT2D eigenvalue weighted by molar-refractivity contribution is 7.99. The first-order valence-electron chi connectivity index (χ1n) is 14.3. The van der Waals surface area contributed by atoms with Crippen LogP contribution in [0.15, 0.2) is 101 Å². The minimum absolute atomic E-state index is 0.0276. The van der Waals surface area contributed by atoms with E-state index >= 15 is 0 Å². The van der Waals surface area contributed by atoms with Crippen LogP contribution in [0.1, 0.15) is 39.1 Å². The monoisotopic (exact) mass is 656 g/mol. The van der Waals surface area contributed by atoms with E-state index in [4.69, 9.17) is 14.6 Å². The molecule has 1 unspecified atom stereocenters. The number of carbonyl (C=O) groups excluding carboxylic acids is 2. The molecule has 0 spiro atoms. The van der Waals surface area contributed by atoms with E-state index in [0.717, 1.165) is 21.8 Å². The summed E-state index contributed by atoms with van der Waals surface area (Å²) in [4.78, 5) is 27.8. The van der Waals surface area contributed by atoms with Crippen molar-refractivity contribution in [2.45, 2.75) is 24.2 Å². The number of ether oxygens (including phenoxy) is 2. The van der Waals surface area contributed by atoms with Gasteiger partial charge in [0.15, 0.2) is 11.0 Å². The number of halogens is 1. The lowest BCUT2D eigenvalue weighted by Gasteiger charge is -2.22. The number of aromatic nitrogens is 3. The van der Waals surface area contributed by atoms with Gasteiger partial charge in [-0.25, -0.2) is 9.40 Å². The molecule has 0 radical (unpaired) electrons. The molecule has 1 N–H and O–H groups in total. The van der Waals surface area contributed by atoms with E-state index < -0.39 is 0 Å². The molecule has 46 heavy (non-hydrogen) atoms. The average Bonchev–Trinajstić information content (AvgIpc) is 3.87. The van der Waals surface area contributed by atoms with Gasteiger partial charge in [-0.1, -0.05) is 48.2 Å². The summed E-state index contributed by atoms with van der Waals surface area (Å²) in [5, 5.41) is 20.3. The molecule has 2 aromatic heterocycles. The van der Waals surface area contributed by atoms with Crippen molar-refractivity contribution in [3.05, 3.63) is 118 Å². The van der Waals surface area contributed by atoms with E-state index in [9.17, 15) is 14.0 Å². The Hall–Kier alpha value is -5.01. The summed E-state index contributed by atoms with van der Waals surface area (Å²) in [6.45, 7) is 0.0714. The van der Waals surface area contributed by atoms with Crippen LogP contribution in [0.3, 0.4) is 0 Å². The van der Waals surface area contributed by atoms with E-state index in [1.165, 1.54) is 43.1 Å². The lowest BCUT2D eigenvalue weighted by Crippen LogP contribution is -2.28. The largest absolute Gasteiger partial charge is 0.497 e. The Morgan fingerprint density at radius 1 is 0.978 bits per heavy atom. The normalized spacial score (nSPS) is 14.2. The fourth-order valence-electron chi connectivity index (χ4n) is 5.01. The molecule has 1 atom stereocenters. The number of nitrogens with zero attached hydrogens (tertiary/aromatic N) is 5. The van der Waals surface area contributed by atoms with E-state index in [-0.39, 0.29) is 36.0 Å². The van der Waals surface area contributed by atoms with Gasteiger partial charge in [-0.05, 0) is 53.4 Å². The zero-order valence-electron chi connectivity index (χ0n) is 24.9. The molecule has 2 amide bonds. The smallest absolute Gasteiger partial charge is 0.253 e. The first-order chi connectivity index (χ1) is 22.4. The highest BCUT2D eigenvalue weighted by Crippen LogP contribution is 2.35. The number of methoxy groups -OCH3 is 2. The maximum absolute atomic E-state index is 13.7. The molecule has 0 aliphatic carbocycles. The van der Waals surface area contributed by atoms with Crippen molar-refractivity contribution >= 4 is 40.6 Å². The maximum atomic E-state index is 13.7. The third kappa shape index (κ3) is 6.80. The van der Waals surface area contributed by atoms with Crippen molar-refractivity contribution in [3.8, 4) is 17.2 Å². The Labute approximate surface area is 272 Å². The molecule has 1 aliphatic rings. The summed E-state index contributed by atoms with van der Waals surface area (Å²) in [6.07, 6.45) is 0.520. The van der Waals surface area contributed by atoms with E-state index in [2.05, 4.69) is 15.5 Å². The van der Waals surface area contributed by atoms with Gasteiger partial charge in [-0.15, -0.1) is 21.5 Å². The third-order valence-electron chi connectivity index (χ3n) is 7.29. The number of para-hydroxylation sites is 1. The van der Waals surface area contributed by atoms with Crippen LogP contribution in [0.4, 0.5) is 4.39 Å². The first kappa shape index (κ1) is 31.0. The van der Waals surface area contributed by atoms with Crippen LogP contribution in [0.2, 0.25) is 0 Å². The molecule has 3 aromatic carbocycles. The number of benzene rings is 3. The number of amides is 2. The van der Waals surface area contributed by atoms with Crippen LogP contribution in [-0.2, 0) is 11.3 Å². The number of thiophene rings is 1. The number of carbonyl (C=O) groups is 2. The second kappa shape index (κ2) is 14.0. The predicted molar refractivity (Wildman–Crippen MR) is 174 cm³/mol. The summed E-state index contributed by atoms with van der Waals surface area (Å²) in [6, 6.07) is 24.1. The van der Waals surface area contributed by atoms with Crippen LogP contribution in [0, 0.1) is 5.82 Å². The van der Waals surface area contributed by atoms with Gasteiger partial charge in [-0.2, -0.15) is 5.10 Å². The number of thioether (sulfide) groups is 1. The molecule has 0 fully saturated rings. The second-order valence-corrected chi connectivity index (χ2v) is 12.1.